The van der Waals surface area contributed by atoms with Crippen LogP contribution in [0.1, 0.15) is 225 Å². The molecule has 0 aliphatic carbocycles. The molecule has 0 amide bonds. The first-order chi connectivity index (χ1) is 30.5. The fraction of sp³-hybridized carbons (Fsp3) is 0.887. The first-order valence-corrected chi connectivity index (χ1v) is 25.2. The van der Waals surface area contributed by atoms with Crippen molar-refractivity contribution in [3.05, 3.63) is 0 Å². The van der Waals surface area contributed by atoms with Crippen LogP contribution in [-0.2, 0) is 57.2 Å². The van der Waals surface area contributed by atoms with Gasteiger partial charge in [0, 0.05) is 12.8 Å². The van der Waals surface area contributed by atoms with E-state index in [2.05, 4.69) is 27.7 Å². The maximum absolute atomic E-state index is 13.0. The van der Waals surface area contributed by atoms with Gasteiger partial charge < -0.3 is 33.5 Å². The molecule has 0 aromatic heterocycles. The molecular formula is C53H96O13. The molecule has 13 nitrogen and oxygen atoms in total. The molecule has 66 heavy (non-hydrogen) atoms. The van der Waals surface area contributed by atoms with Gasteiger partial charge in [0.25, 0.3) is 0 Å². The van der Waals surface area contributed by atoms with Gasteiger partial charge in [0.15, 0.2) is 0 Å². The highest BCUT2D eigenvalue weighted by Crippen LogP contribution is 2.32. The van der Waals surface area contributed by atoms with Crippen LogP contribution in [-0.4, -0.2) is 86.7 Å². The molecule has 0 saturated carbocycles. The van der Waals surface area contributed by atoms with E-state index in [1.165, 1.54) is 0 Å². The highest BCUT2D eigenvalue weighted by atomic mass is 16.6. The number of unbranched alkanes of at least 4 members (excludes halogenated alkanes) is 4. The normalized spacial score (nSPS) is 12.7. The summed E-state index contributed by atoms with van der Waals surface area (Å²) in [5, 5.41) is 10.7. The Morgan fingerprint density at radius 1 is 0.364 bits per heavy atom. The SMILES string of the molecule is CCCCC(C)(C)CC(=O)OCC(C)(COC(=O)CCC(O)CCC(=O)OCC(C)(COC(=O)CC(C)(C)CCCC)COC(=O)CC(C)(C)CCCC)COC(=O)CC(C)(C)CCCC. The lowest BCUT2D eigenvalue weighted by molar-refractivity contribution is -0.164. The summed E-state index contributed by atoms with van der Waals surface area (Å²) in [6.45, 7) is 27.2. The Labute approximate surface area is 400 Å². The molecule has 0 radical (unpaired) electrons. The molecule has 0 heterocycles. The molecule has 0 aliphatic heterocycles. The number of aliphatic hydroxyl groups is 1. The minimum Gasteiger partial charge on any atom is -0.465 e. The van der Waals surface area contributed by atoms with Crippen molar-refractivity contribution < 1.29 is 62.3 Å². The first kappa shape index (κ1) is 62.8. The fourth-order valence-electron chi connectivity index (χ4n) is 7.38. The van der Waals surface area contributed by atoms with Gasteiger partial charge in [-0.3, -0.25) is 28.8 Å². The monoisotopic (exact) mass is 941 g/mol. The van der Waals surface area contributed by atoms with Crippen LogP contribution in [0.5, 0.6) is 0 Å². The third-order valence-electron chi connectivity index (χ3n) is 12.2. The summed E-state index contributed by atoms with van der Waals surface area (Å²) < 4.78 is 34.0. The molecule has 0 rings (SSSR count). The number of rotatable bonds is 38. The Bertz CT molecular complexity index is 1260. The number of hydrogen-bond acceptors (Lipinski definition) is 13. The van der Waals surface area contributed by atoms with Crippen LogP contribution in [0.3, 0.4) is 0 Å². The number of aliphatic hydroxyl groups excluding tert-OH is 1. The van der Waals surface area contributed by atoms with E-state index in [1.807, 2.05) is 55.4 Å². The van der Waals surface area contributed by atoms with Crippen molar-refractivity contribution in [3.8, 4) is 0 Å². The van der Waals surface area contributed by atoms with E-state index < -0.39 is 28.9 Å². The Morgan fingerprint density at radius 2 is 0.561 bits per heavy atom. The summed E-state index contributed by atoms with van der Waals surface area (Å²) in [5.74, 6) is -2.74. The molecule has 13 heteroatoms. The van der Waals surface area contributed by atoms with Crippen LogP contribution >= 0.6 is 0 Å². The molecule has 0 spiro atoms. The maximum Gasteiger partial charge on any atom is 0.306 e. The van der Waals surface area contributed by atoms with Crippen molar-refractivity contribution in [2.75, 3.05) is 39.6 Å². The van der Waals surface area contributed by atoms with Gasteiger partial charge in [-0.15, -0.1) is 0 Å². The van der Waals surface area contributed by atoms with Gasteiger partial charge in [0.05, 0.1) is 42.6 Å². The molecule has 0 aromatic rings. The van der Waals surface area contributed by atoms with E-state index in [1.54, 1.807) is 13.8 Å². The number of esters is 6. The van der Waals surface area contributed by atoms with Crippen molar-refractivity contribution in [1.29, 1.82) is 0 Å². The lowest BCUT2D eigenvalue weighted by Gasteiger charge is -2.30. The molecule has 0 aliphatic rings. The topological polar surface area (TPSA) is 178 Å². The van der Waals surface area contributed by atoms with Gasteiger partial charge >= 0.3 is 35.8 Å². The molecule has 0 bridgehead atoms. The zero-order valence-electron chi connectivity index (χ0n) is 44.3. The zero-order valence-corrected chi connectivity index (χ0v) is 44.3. The van der Waals surface area contributed by atoms with E-state index in [9.17, 15) is 33.9 Å². The molecular weight excluding hydrogens is 845 g/mol. The zero-order chi connectivity index (χ0) is 50.7. The minimum atomic E-state index is -1.02. The third kappa shape index (κ3) is 31.7. The van der Waals surface area contributed by atoms with Gasteiger partial charge in [-0.1, -0.05) is 134 Å². The van der Waals surface area contributed by atoms with Crippen molar-refractivity contribution in [2.45, 2.75) is 231 Å². The second kappa shape index (κ2) is 31.0. The van der Waals surface area contributed by atoms with Crippen molar-refractivity contribution >= 4 is 35.8 Å². The minimum absolute atomic E-state index is 0.0132. The molecule has 0 unspecified atom stereocenters. The second-order valence-corrected chi connectivity index (χ2v) is 23.1. The summed E-state index contributed by atoms with van der Waals surface area (Å²) in [4.78, 5) is 77.6. The van der Waals surface area contributed by atoms with Gasteiger partial charge in [0.2, 0.25) is 0 Å². The highest BCUT2D eigenvalue weighted by Gasteiger charge is 2.35. The smallest absolute Gasteiger partial charge is 0.306 e. The van der Waals surface area contributed by atoms with E-state index in [0.717, 1.165) is 77.0 Å². The van der Waals surface area contributed by atoms with E-state index >= 15 is 0 Å². The standard InChI is InChI=1S/C53H96O13/c1-15-19-27-48(5,6)31-44(57)63-37-52(13,38-64-45(58)32-49(7,8)28-20-16-2)35-61-42(55)25-23-41(54)24-26-43(56)62-36-53(14,39-65-46(59)33-50(9,10)29-21-17-3)40-66-47(60)34-51(11,12)30-22-18-4/h41,54H,15-40H2,1-14H3. The lowest BCUT2D eigenvalue weighted by Crippen LogP contribution is -2.38. The Morgan fingerprint density at radius 3 is 0.758 bits per heavy atom. The summed E-state index contributed by atoms with van der Waals surface area (Å²) in [7, 11) is 0. The average molecular weight is 941 g/mol. The van der Waals surface area contributed by atoms with Crippen LogP contribution in [0.4, 0.5) is 0 Å². The van der Waals surface area contributed by atoms with Crippen LogP contribution in [0, 0.1) is 32.5 Å². The van der Waals surface area contributed by atoms with Gasteiger partial charge in [-0.2, -0.15) is 0 Å². The van der Waals surface area contributed by atoms with E-state index in [4.69, 9.17) is 28.4 Å². The highest BCUT2D eigenvalue weighted by molar-refractivity contribution is 5.72. The van der Waals surface area contributed by atoms with Gasteiger partial charge in [-0.25, -0.2) is 0 Å². The Kier molecular flexibility index (Phi) is 29.5. The van der Waals surface area contributed by atoms with Crippen LogP contribution in [0.25, 0.3) is 0 Å². The third-order valence-corrected chi connectivity index (χ3v) is 12.2. The van der Waals surface area contributed by atoms with E-state index in [-0.39, 0.29) is 137 Å². The van der Waals surface area contributed by atoms with Gasteiger partial charge in [-0.05, 0) is 74.0 Å². The summed E-state index contributed by atoms with van der Waals surface area (Å²) in [6.07, 6.45) is 11.1. The predicted molar refractivity (Wildman–Crippen MR) is 258 cm³/mol. The first-order valence-electron chi connectivity index (χ1n) is 25.2. The number of ether oxygens (including phenoxy) is 6. The Hall–Kier alpha value is -3.22. The van der Waals surface area contributed by atoms with Crippen molar-refractivity contribution in [2.24, 2.45) is 32.5 Å². The summed E-state index contributed by atoms with van der Waals surface area (Å²) in [5.41, 5.74) is -3.01. The van der Waals surface area contributed by atoms with Crippen LogP contribution < -0.4 is 0 Å². The van der Waals surface area contributed by atoms with Crippen molar-refractivity contribution in [3.63, 3.8) is 0 Å². The fourth-order valence-corrected chi connectivity index (χ4v) is 7.38. The summed E-state index contributed by atoms with van der Waals surface area (Å²) in [6, 6.07) is 0. The molecule has 0 fully saturated rings. The van der Waals surface area contributed by atoms with Gasteiger partial charge in [0.1, 0.15) is 39.6 Å². The molecule has 0 aromatic carbocycles. The molecule has 0 saturated heterocycles. The number of carbonyl (C=O) groups excluding carboxylic acids is 6. The van der Waals surface area contributed by atoms with Crippen molar-refractivity contribution in [1.82, 2.24) is 0 Å². The largest absolute Gasteiger partial charge is 0.465 e. The van der Waals surface area contributed by atoms with Crippen LogP contribution in [0.2, 0.25) is 0 Å². The molecule has 386 valence electrons. The predicted octanol–water partition coefficient (Wildman–Crippen LogP) is 11.6. The maximum atomic E-state index is 13.0. The quantitative estimate of drug-likeness (QED) is 0.0457. The Balaban J connectivity index is 5.48. The summed E-state index contributed by atoms with van der Waals surface area (Å²) >= 11 is 0. The number of hydrogen-bond donors (Lipinski definition) is 1. The van der Waals surface area contributed by atoms with E-state index in [0.29, 0.717) is 0 Å². The lowest BCUT2D eigenvalue weighted by atomic mass is 9.84. The molecule has 1 N–H and O–H groups in total. The molecule has 0 atom stereocenters. The average Bonchev–Trinajstić information content (AvgIpc) is 3.22. The van der Waals surface area contributed by atoms with Crippen LogP contribution in [0.15, 0.2) is 0 Å². The second-order valence-electron chi connectivity index (χ2n) is 23.1. The number of carbonyl (C=O) groups is 6.